The van der Waals surface area contributed by atoms with Crippen LogP contribution in [0.4, 0.5) is 0 Å². The van der Waals surface area contributed by atoms with Crippen molar-refractivity contribution in [2.75, 3.05) is 26.3 Å². The van der Waals surface area contributed by atoms with Crippen LogP contribution in [0.5, 0.6) is 0 Å². The second-order valence-corrected chi connectivity index (χ2v) is 3.28. The standard InChI is InChI=1S/C8H16NO3/c10-3-1-2-9-5-8(12)4-7(9)6-11/h7-8,11-12H,1-6H2/t7-,8+/m0/s1. The normalized spacial score (nSPS) is 31.2. The molecule has 1 saturated heterocycles. The van der Waals surface area contributed by atoms with Crippen LogP contribution in [0.2, 0.25) is 0 Å². The molecule has 0 bridgehead atoms. The summed E-state index contributed by atoms with van der Waals surface area (Å²) >= 11 is 0. The molecule has 0 aliphatic carbocycles. The lowest BCUT2D eigenvalue weighted by Crippen LogP contribution is -2.33. The Balaban J connectivity index is 2.30. The smallest absolute Gasteiger partial charge is 0.0834 e. The van der Waals surface area contributed by atoms with Crippen molar-refractivity contribution in [3.8, 4) is 0 Å². The summed E-state index contributed by atoms with van der Waals surface area (Å²) in [6.45, 7) is 1.30. The molecule has 1 radical (unpaired) electrons. The first-order valence-electron chi connectivity index (χ1n) is 4.39. The minimum Gasteiger partial charge on any atom is -0.395 e. The second kappa shape index (κ2) is 4.77. The lowest BCUT2D eigenvalue weighted by atomic mass is 10.2. The van der Waals surface area contributed by atoms with Crippen molar-refractivity contribution in [1.82, 2.24) is 4.90 Å². The molecule has 1 aliphatic heterocycles. The molecule has 0 aromatic heterocycles. The minimum absolute atomic E-state index is 0.0616. The maximum absolute atomic E-state index is 10.2. The highest BCUT2D eigenvalue weighted by Crippen LogP contribution is 2.17. The third-order valence-corrected chi connectivity index (χ3v) is 2.31. The number of rotatable bonds is 4. The van der Waals surface area contributed by atoms with Gasteiger partial charge in [0, 0.05) is 19.1 Å². The van der Waals surface area contributed by atoms with Crippen LogP contribution < -0.4 is 0 Å². The number of β-amino-alcohol motifs (C(OH)–C–C–N with tert-alkyl or cyclic N) is 1. The fourth-order valence-corrected chi connectivity index (χ4v) is 1.69. The van der Waals surface area contributed by atoms with Gasteiger partial charge in [0.1, 0.15) is 0 Å². The first kappa shape index (κ1) is 9.92. The largest absolute Gasteiger partial charge is 0.395 e. The van der Waals surface area contributed by atoms with E-state index < -0.39 is 0 Å². The summed E-state index contributed by atoms with van der Waals surface area (Å²) in [7, 11) is 0. The Morgan fingerprint density at radius 3 is 2.83 bits per heavy atom. The fourth-order valence-electron chi connectivity index (χ4n) is 1.69. The molecule has 1 rings (SSSR count). The van der Waals surface area contributed by atoms with Crippen molar-refractivity contribution >= 4 is 0 Å². The van der Waals surface area contributed by atoms with Gasteiger partial charge in [-0.2, -0.15) is 0 Å². The van der Waals surface area contributed by atoms with E-state index in [2.05, 4.69) is 0 Å². The van der Waals surface area contributed by atoms with Crippen LogP contribution in [0.25, 0.3) is 0 Å². The predicted molar refractivity (Wildman–Crippen MR) is 43.2 cm³/mol. The number of aliphatic hydroxyl groups excluding tert-OH is 2. The van der Waals surface area contributed by atoms with Crippen LogP contribution in [0.3, 0.4) is 0 Å². The van der Waals surface area contributed by atoms with Crippen molar-refractivity contribution in [3.05, 3.63) is 0 Å². The molecule has 1 heterocycles. The van der Waals surface area contributed by atoms with Gasteiger partial charge in [-0.3, -0.25) is 4.90 Å². The van der Waals surface area contributed by atoms with E-state index in [0.717, 1.165) is 0 Å². The zero-order valence-corrected chi connectivity index (χ0v) is 7.15. The Bertz CT molecular complexity index is 131. The highest BCUT2D eigenvalue weighted by atomic mass is 16.3. The molecule has 71 valence electrons. The van der Waals surface area contributed by atoms with Crippen LogP contribution in [0.1, 0.15) is 12.8 Å². The van der Waals surface area contributed by atoms with Crippen LogP contribution in [0, 0.1) is 0 Å². The van der Waals surface area contributed by atoms with Gasteiger partial charge in [-0.15, -0.1) is 0 Å². The van der Waals surface area contributed by atoms with E-state index in [9.17, 15) is 10.2 Å². The molecule has 0 unspecified atom stereocenters. The average molecular weight is 174 g/mol. The molecule has 0 amide bonds. The number of hydrogen-bond donors (Lipinski definition) is 2. The highest BCUT2D eigenvalue weighted by molar-refractivity contribution is 4.84. The van der Waals surface area contributed by atoms with Gasteiger partial charge in [-0.25, -0.2) is 5.11 Å². The van der Waals surface area contributed by atoms with Crippen LogP contribution in [-0.2, 0) is 5.11 Å². The third kappa shape index (κ3) is 2.42. The third-order valence-electron chi connectivity index (χ3n) is 2.31. The topological polar surface area (TPSA) is 63.6 Å². The quantitative estimate of drug-likeness (QED) is 0.588. The zero-order valence-electron chi connectivity index (χ0n) is 7.15. The lowest BCUT2D eigenvalue weighted by Gasteiger charge is -2.21. The van der Waals surface area contributed by atoms with E-state index in [0.29, 0.717) is 25.9 Å². The molecular weight excluding hydrogens is 158 g/mol. The van der Waals surface area contributed by atoms with Crippen molar-refractivity contribution in [2.24, 2.45) is 0 Å². The highest BCUT2D eigenvalue weighted by Gasteiger charge is 2.29. The molecule has 2 atom stereocenters. The molecule has 0 aromatic rings. The molecule has 0 saturated carbocycles. The van der Waals surface area contributed by atoms with Crippen LogP contribution in [0.15, 0.2) is 0 Å². The van der Waals surface area contributed by atoms with Crippen molar-refractivity contribution in [1.29, 1.82) is 0 Å². The Labute approximate surface area is 72.4 Å². The number of aliphatic hydroxyl groups is 2. The minimum atomic E-state index is -0.325. The molecule has 1 fully saturated rings. The Hall–Kier alpha value is -0.160. The van der Waals surface area contributed by atoms with E-state index in [-0.39, 0.29) is 25.4 Å². The Morgan fingerprint density at radius 1 is 1.50 bits per heavy atom. The van der Waals surface area contributed by atoms with Gasteiger partial charge in [0.25, 0.3) is 0 Å². The molecule has 1 aliphatic rings. The van der Waals surface area contributed by atoms with Gasteiger partial charge in [0.15, 0.2) is 0 Å². The summed E-state index contributed by atoms with van der Waals surface area (Å²) < 4.78 is 0. The first-order valence-corrected chi connectivity index (χ1v) is 4.39. The summed E-state index contributed by atoms with van der Waals surface area (Å²) in [5.41, 5.74) is 0. The molecule has 4 nitrogen and oxygen atoms in total. The molecule has 0 spiro atoms. The van der Waals surface area contributed by atoms with Crippen molar-refractivity contribution in [3.63, 3.8) is 0 Å². The van der Waals surface area contributed by atoms with Gasteiger partial charge in [-0.05, 0) is 12.8 Å². The zero-order chi connectivity index (χ0) is 8.97. The Morgan fingerprint density at radius 2 is 2.25 bits per heavy atom. The van der Waals surface area contributed by atoms with Crippen molar-refractivity contribution in [2.45, 2.75) is 25.0 Å². The summed E-state index contributed by atoms with van der Waals surface area (Å²) in [5, 5.41) is 28.4. The fraction of sp³-hybridized carbons (Fsp3) is 1.00. The Kier molecular flexibility index (Phi) is 3.94. The molecular formula is C8H16NO3. The molecule has 4 heteroatoms. The first-order chi connectivity index (χ1) is 5.77. The van der Waals surface area contributed by atoms with E-state index in [4.69, 9.17) is 5.11 Å². The van der Waals surface area contributed by atoms with Crippen LogP contribution >= 0.6 is 0 Å². The van der Waals surface area contributed by atoms with E-state index in [1.807, 2.05) is 4.90 Å². The van der Waals surface area contributed by atoms with Gasteiger partial charge >= 0.3 is 0 Å². The summed E-state index contributed by atoms with van der Waals surface area (Å²) in [6, 6.07) is 0.0616. The van der Waals surface area contributed by atoms with Crippen LogP contribution in [-0.4, -0.2) is 53.6 Å². The van der Waals surface area contributed by atoms with E-state index >= 15 is 0 Å². The average Bonchev–Trinajstić information content (AvgIpc) is 2.42. The van der Waals surface area contributed by atoms with Gasteiger partial charge < -0.3 is 10.2 Å². The van der Waals surface area contributed by atoms with Crippen molar-refractivity contribution < 1.29 is 15.3 Å². The van der Waals surface area contributed by atoms with Gasteiger partial charge in [0.05, 0.1) is 19.3 Å². The monoisotopic (exact) mass is 174 g/mol. The summed E-state index contributed by atoms with van der Waals surface area (Å²) in [6.07, 6.45) is 0.910. The number of hydrogen-bond acceptors (Lipinski definition) is 3. The predicted octanol–water partition coefficient (Wildman–Crippen LogP) is -0.766. The molecule has 12 heavy (non-hydrogen) atoms. The maximum atomic E-state index is 10.2. The summed E-state index contributed by atoms with van der Waals surface area (Å²) in [5.74, 6) is 0. The van der Waals surface area contributed by atoms with E-state index in [1.54, 1.807) is 0 Å². The maximum Gasteiger partial charge on any atom is 0.0834 e. The summed E-state index contributed by atoms with van der Waals surface area (Å²) in [4.78, 5) is 1.99. The van der Waals surface area contributed by atoms with E-state index in [1.165, 1.54) is 0 Å². The number of likely N-dealkylation sites (tertiary alicyclic amines) is 1. The van der Waals surface area contributed by atoms with Gasteiger partial charge in [-0.1, -0.05) is 0 Å². The number of nitrogens with zero attached hydrogens (tertiary/aromatic N) is 1. The molecule has 0 aromatic carbocycles. The van der Waals surface area contributed by atoms with Gasteiger partial charge in [0.2, 0.25) is 0 Å². The SMILES string of the molecule is [O]CCCN1C[C@H](O)C[C@H]1CO. The lowest BCUT2D eigenvalue weighted by molar-refractivity contribution is 0.129. The second-order valence-electron chi connectivity index (χ2n) is 3.28. The molecule has 2 N–H and O–H groups in total.